The number of carbonyl (C=O) groups is 3. The van der Waals surface area contributed by atoms with E-state index in [9.17, 15) is 14.4 Å². The number of ether oxygens (including phenoxy) is 3. The number of rotatable bonds is 14. The zero-order chi connectivity index (χ0) is 29.0. The zero-order valence-electron chi connectivity index (χ0n) is 23.7. The molecule has 0 aliphatic carbocycles. The van der Waals surface area contributed by atoms with Gasteiger partial charge in [-0.15, -0.1) is 0 Å². The minimum absolute atomic E-state index is 0.0417. The fraction of sp³-hybridized carbons (Fsp3) is 0.571. The third-order valence-corrected chi connectivity index (χ3v) is 7.41. The summed E-state index contributed by atoms with van der Waals surface area (Å²) in [7, 11) is 3.15. The summed E-state index contributed by atoms with van der Waals surface area (Å²) in [5.41, 5.74) is 0.849. The fourth-order valence-corrected chi connectivity index (χ4v) is 5.15. The molecule has 0 radical (unpaired) electrons. The van der Waals surface area contributed by atoms with Gasteiger partial charge >= 0.3 is 5.97 Å². The molecule has 2 saturated heterocycles. The lowest BCUT2D eigenvalue weighted by molar-refractivity contribution is -0.146. The van der Waals surface area contributed by atoms with Crippen molar-refractivity contribution in [3.05, 3.63) is 42.5 Å². The van der Waals surface area contributed by atoms with Crippen LogP contribution in [-0.2, 0) is 28.6 Å². The summed E-state index contributed by atoms with van der Waals surface area (Å²) in [6, 6.07) is 3.37. The maximum atomic E-state index is 12.8. The molecule has 2 atom stereocenters. The number of hydrogen-bond acceptors (Lipinski definition) is 11. The molecule has 2 aromatic rings. The average Bonchev–Trinajstić information content (AvgIpc) is 3.32. The normalized spacial score (nSPS) is 19.3. The van der Waals surface area contributed by atoms with Crippen LogP contribution in [-0.4, -0.2) is 104 Å². The number of aromatic nitrogens is 3. The Bertz CT molecular complexity index is 1130. The van der Waals surface area contributed by atoms with Gasteiger partial charge in [0, 0.05) is 52.0 Å². The lowest BCUT2D eigenvalue weighted by Crippen LogP contribution is -2.37. The second-order valence-electron chi connectivity index (χ2n) is 10.0. The number of piperidine rings is 1. The van der Waals surface area contributed by atoms with Gasteiger partial charge in [-0.1, -0.05) is 6.07 Å². The molecular weight excluding hydrogens is 530 g/mol. The molecule has 0 unspecified atom stereocenters. The molecule has 4 rings (SSSR count). The van der Waals surface area contributed by atoms with E-state index in [2.05, 4.69) is 30.5 Å². The minimum atomic E-state index is -0.459. The van der Waals surface area contributed by atoms with E-state index in [1.807, 2.05) is 6.07 Å². The van der Waals surface area contributed by atoms with Crippen LogP contribution in [0.25, 0.3) is 0 Å². The van der Waals surface area contributed by atoms with Gasteiger partial charge in [-0.2, -0.15) is 0 Å². The maximum Gasteiger partial charge on any atom is 0.308 e. The number of nitrogens with one attached hydrogen (secondary N) is 2. The number of nitrogens with zero attached hydrogens (tertiary/aromatic N) is 5. The molecule has 2 amide bonds. The number of hydrogen-bond donors (Lipinski definition) is 2. The topological polar surface area (TPSA) is 148 Å². The molecule has 2 aromatic heterocycles. The van der Waals surface area contributed by atoms with Crippen LogP contribution in [0.4, 0.5) is 11.6 Å². The predicted octanol–water partition coefficient (Wildman–Crippen LogP) is 1.04. The monoisotopic (exact) mass is 569 g/mol. The largest absolute Gasteiger partial charge is 0.469 e. The van der Waals surface area contributed by atoms with E-state index in [4.69, 9.17) is 14.2 Å². The van der Waals surface area contributed by atoms with Crippen molar-refractivity contribution in [3.63, 3.8) is 0 Å². The lowest BCUT2D eigenvalue weighted by atomic mass is 9.94. The van der Waals surface area contributed by atoms with E-state index in [0.717, 1.165) is 37.3 Å². The Hall–Kier alpha value is -3.84. The van der Waals surface area contributed by atoms with Crippen LogP contribution in [0.2, 0.25) is 0 Å². The van der Waals surface area contributed by atoms with Crippen LogP contribution in [0.3, 0.4) is 0 Å². The van der Waals surface area contributed by atoms with Gasteiger partial charge in [0.1, 0.15) is 11.6 Å². The van der Waals surface area contributed by atoms with Crippen LogP contribution >= 0.6 is 0 Å². The fourth-order valence-electron chi connectivity index (χ4n) is 5.15. The third-order valence-electron chi connectivity index (χ3n) is 7.41. The Morgan fingerprint density at radius 3 is 2.44 bits per heavy atom. The Kier molecular flexibility index (Phi) is 11.2. The zero-order valence-corrected chi connectivity index (χ0v) is 23.7. The maximum absolute atomic E-state index is 12.8. The van der Waals surface area contributed by atoms with Gasteiger partial charge in [0.25, 0.3) is 0 Å². The highest BCUT2D eigenvalue weighted by atomic mass is 16.5. The standard InChI is InChI=1S/C28H39N7O6/c1-34-25(36)16-22(26(34)21-4-3-7-29-17-21)27(37)31-9-13-41-15-14-40-12-8-30-23-18-33-24(19-32-23)35-10-5-20(6-11-35)28(38)39-2/h3-4,7,17-20,22,26H,5-6,8-16H2,1-2H3,(H,30,32)(H,31,37)/t22-,26+/m0/s1. The predicted molar refractivity (Wildman–Crippen MR) is 150 cm³/mol. The SMILES string of the molecule is COC(=O)C1CCN(c2cnc(NCCOCCOCCNC(=O)[C@H]3CC(=O)N(C)[C@@H]3c3cccnc3)cn2)CC1. The number of pyridine rings is 1. The molecule has 0 bridgehead atoms. The molecule has 222 valence electrons. The number of likely N-dealkylation sites (tertiary alicyclic amines) is 1. The Labute approximate surface area is 240 Å². The first-order valence-corrected chi connectivity index (χ1v) is 14.0. The number of methoxy groups -OCH3 is 1. The molecule has 4 heterocycles. The number of anilines is 2. The summed E-state index contributed by atoms with van der Waals surface area (Å²) in [6.07, 6.45) is 8.46. The van der Waals surface area contributed by atoms with Crippen molar-refractivity contribution in [2.75, 3.05) is 77.0 Å². The number of esters is 1. The van der Waals surface area contributed by atoms with Crippen LogP contribution in [0.5, 0.6) is 0 Å². The Morgan fingerprint density at radius 1 is 1.02 bits per heavy atom. The van der Waals surface area contributed by atoms with Crippen molar-refractivity contribution >= 4 is 29.4 Å². The number of carbonyl (C=O) groups excluding carboxylic acids is 3. The first kappa shape index (κ1) is 30.1. The molecule has 2 aliphatic heterocycles. The lowest BCUT2D eigenvalue weighted by Gasteiger charge is -2.31. The quantitative estimate of drug-likeness (QED) is 0.248. The average molecular weight is 570 g/mol. The molecule has 0 aromatic carbocycles. The molecule has 0 spiro atoms. The first-order chi connectivity index (χ1) is 20.0. The van der Waals surface area contributed by atoms with Crippen molar-refractivity contribution in [1.29, 1.82) is 0 Å². The second-order valence-corrected chi connectivity index (χ2v) is 10.0. The summed E-state index contributed by atoms with van der Waals surface area (Å²) in [6.45, 7) is 4.07. The highest BCUT2D eigenvalue weighted by Gasteiger charge is 2.42. The van der Waals surface area contributed by atoms with Gasteiger partial charge in [0.2, 0.25) is 11.8 Å². The van der Waals surface area contributed by atoms with E-state index >= 15 is 0 Å². The van der Waals surface area contributed by atoms with Crippen molar-refractivity contribution in [3.8, 4) is 0 Å². The summed E-state index contributed by atoms with van der Waals surface area (Å²) >= 11 is 0. The van der Waals surface area contributed by atoms with Crippen molar-refractivity contribution in [2.24, 2.45) is 11.8 Å². The molecule has 2 aliphatic rings. The Morgan fingerprint density at radius 2 is 1.78 bits per heavy atom. The van der Waals surface area contributed by atoms with E-state index in [-0.39, 0.29) is 36.2 Å². The van der Waals surface area contributed by atoms with E-state index in [1.54, 1.807) is 42.8 Å². The summed E-state index contributed by atoms with van der Waals surface area (Å²) in [5.74, 6) is 0.590. The molecule has 2 N–H and O–H groups in total. The first-order valence-electron chi connectivity index (χ1n) is 14.0. The Balaban J connectivity index is 1.03. The molecule has 41 heavy (non-hydrogen) atoms. The minimum Gasteiger partial charge on any atom is -0.469 e. The molecule has 0 saturated carbocycles. The molecule has 13 nitrogen and oxygen atoms in total. The summed E-state index contributed by atoms with van der Waals surface area (Å²) in [5, 5.41) is 6.06. The van der Waals surface area contributed by atoms with Crippen molar-refractivity contribution < 1.29 is 28.6 Å². The van der Waals surface area contributed by atoms with Crippen molar-refractivity contribution in [1.82, 2.24) is 25.2 Å². The molecule has 2 fully saturated rings. The van der Waals surface area contributed by atoms with E-state index in [1.165, 1.54) is 7.11 Å². The van der Waals surface area contributed by atoms with Gasteiger partial charge in [-0.25, -0.2) is 9.97 Å². The van der Waals surface area contributed by atoms with E-state index < -0.39 is 5.92 Å². The van der Waals surface area contributed by atoms with Gasteiger partial charge in [-0.3, -0.25) is 19.4 Å². The van der Waals surface area contributed by atoms with Gasteiger partial charge < -0.3 is 34.6 Å². The molecular formula is C28H39N7O6. The van der Waals surface area contributed by atoms with Gasteiger partial charge in [0.15, 0.2) is 0 Å². The van der Waals surface area contributed by atoms with Crippen LogP contribution in [0, 0.1) is 11.8 Å². The van der Waals surface area contributed by atoms with E-state index in [0.29, 0.717) is 45.3 Å². The van der Waals surface area contributed by atoms with Crippen molar-refractivity contribution in [2.45, 2.75) is 25.3 Å². The number of amides is 2. The van der Waals surface area contributed by atoms with Gasteiger partial charge in [0.05, 0.1) is 63.8 Å². The van der Waals surface area contributed by atoms with Gasteiger partial charge in [-0.05, 0) is 24.5 Å². The smallest absolute Gasteiger partial charge is 0.308 e. The summed E-state index contributed by atoms with van der Waals surface area (Å²) in [4.78, 5) is 53.5. The molecule has 13 heteroatoms. The highest BCUT2D eigenvalue weighted by molar-refractivity contribution is 5.90. The summed E-state index contributed by atoms with van der Waals surface area (Å²) < 4.78 is 16.0. The van der Waals surface area contributed by atoms with Crippen LogP contribution in [0.1, 0.15) is 30.9 Å². The van der Waals surface area contributed by atoms with Crippen LogP contribution < -0.4 is 15.5 Å². The third kappa shape index (κ3) is 8.33. The highest BCUT2D eigenvalue weighted by Crippen LogP contribution is 2.36. The second kappa shape index (κ2) is 15.2. The van der Waals surface area contributed by atoms with Crippen LogP contribution in [0.15, 0.2) is 36.9 Å².